The summed E-state index contributed by atoms with van der Waals surface area (Å²) in [6, 6.07) is 8.76. The van der Waals surface area contributed by atoms with E-state index < -0.39 is 17.1 Å². The molecule has 1 atom stereocenters. The molecule has 1 rings (SSSR count). The lowest BCUT2D eigenvalue weighted by atomic mass is 9.96. The highest BCUT2D eigenvalue weighted by molar-refractivity contribution is 5.98. The Morgan fingerprint density at radius 2 is 1.76 bits per heavy atom. The fraction of sp³-hybridized carbons (Fsp3) is 0.412. The standard InChI is InChI=1S/C17H23NO3/c1-6-12-17(5,15(20)21-16(2,3)4)18-14(19)13-10-8-7-9-11-13/h6-11H,1,12H2,2-5H3,(H,18,19)/t17-/m0/s1. The Bertz CT molecular complexity index is 517. The lowest BCUT2D eigenvalue weighted by Gasteiger charge is -2.31. The molecule has 0 spiro atoms. The molecule has 0 saturated heterocycles. The third kappa shape index (κ3) is 5.06. The first-order valence-corrected chi connectivity index (χ1v) is 6.90. The predicted octanol–water partition coefficient (Wildman–Crippen LogP) is 3.09. The third-order valence-corrected chi connectivity index (χ3v) is 2.83. The summed E-state index contributed by atoms with van der Waals surface area (Å²) in [5.74, 6) is -0.787. The second kappa shape index (κ2) is 6.57. The van der Waals surface area contributed by atoms with Gasteiger partial charge in [0.25, 0.3) is 5.91 Å². The normalized spacial score (nSPS) is 13.9. The van der Waals surface area contributed by atoms with Gasteiger partial charge in [0, 0.05) is 5.56 Å². The monoisotopic (exact) mass is 289 g/mol. The van der Waals surface area contributed by atoms with E-state index in [2.05, 4.69) is 11.9 Å². The van der Waals surface area contributed by atoms with E-state index in [0.29, 0.717) is 12.0 Å². The number of amides is 1. The van der Waals surface area contributed by atoms with Crippen LogP contribution in [-0.2, 0) is 9.53 Å². The summed E-state index contributed by atoms with van der Waals surface area (Å²) in [7, 11) is 0. The van der Waals surface area contributed by atoms with Crippen LogP contribution in [0.25, 0.3) is 0 Å². The van der Waals surface area contributed by atoms with Crippen molar-refractivity contribution < 1.29 is 14.3 Å². The molecule has 1 amide bonds. The minimum atomic E-state index is -1.14. The highest BCUT2D eigenvalue weighted by Crippen LogP contribution is 2.19. The number of hydrogen-bond acceptors (Lipinski definition) is 3. The Balaban J connectivity index is 2.92. The zero-order chi connectivity index (χ0) is 16.1. The Labute approximate surface area is 126 Å². The number of nitrogens with one attached hydrogen (secondary N) is 1. The van der Waals surface area contributed by atoms with Gasteiger partial charge in [0.2, 0.25) is 0 Å². The van der Waals surface area contributed by atoms with Crippen LogP contribution >= 0.6 is 0 Å². The van der Waals surface area contributed by atoms with E-state index in [1.165, 1.54) is 0 Å². The van der Waals surface area contributed by atoms with Gasteiger partial charge >= 0.3 is 5.97 Å². The lowest BCUT2D eigenvalue weighted by molar-refractivity contribution is -0.162. The number of esters is 1. The average molecular weight is 289 g/mol. The SMILES string of the molecule is C=CC[C@](C)(NC(=O)c1ccccc1)C(=O)OC(C)(C)C. The van der Waals surface area contributed by atoms with Crippen molar-refractivity contribution in [1.29, 1.82) is 0 Å². The van der Waals surface area contributed by atoms with Gasteiger partial charge in [-0.15, -0.1) is 6.58 Å². The van der Waals surface area contributed by atoms with Gasteiger partial charge in [-0.25, -0.2) is 4.79 Å². The van der Waals surface area contributed by atoms with Gasteiger partial charge in [-0.1, -0.05) is 24.3 Å². The average Bonchev–Trinajstić information content (AvgIpc) is 2.38. The third-order valence-electron chi connectivity index (χ3n) is 2.83. The molecular formula is C17H23NO3. The van der Waals surface area contributed by atoms with Crippen molar-refractivity contribution in [3.05, 3.63) is 48.6 Å². The number of carbonyl (C=O) groups is 2. The van der Waals surface area contributed by atoms with Crippen molar-refractivity contribution in [3.8, 4) is 0 Å². The van der Waals surface area contributed by atoms with Crippen LogP contribution in [0.2, 0.25) is 0 Å². The second-order valence-corrected chi connectivity index (χ2v) is 6.15. The van der Waals surface area contributed by atoms with Crippen LogP contribution in [0, 0.1) is 0 Å². The Kier molecular flexibility index (Phi) is 5.30. The quantitative estimate of drug-likeness (QED) is 0.669. The number of rotatable bonds is 5. The summed E-state index contributed by atoms with van der Waals surface area (Å²) >= 11 is 0. The van der Waals surface area contributed by atoms with Crippen LogP contribution < -0.4 is 5.32 Å². The van der Waals surface area contributed by atoms with Crippen LogP contribution in [0.15, 0.2) is 43.0 Å². The van der Waals surface area contributed by atoms with E-state index in [9.17, 15) is 9.59 Å². The van der Waals surface area contributed by atoms with E-state index >= 15 is 0 Å². The smallest absolute Gasteiger partial charge is 0.332 e. The summed E-state index contributed by atoms with van der Waals surface area (Å²) in [6.45, 7) is 10.7. The van der Waals surface area contributed by atoms with E-state index in [1.807, 2.05) is 6.07 Å². The van der Waals surface area contributed by atoms with Crippen molar-refractivity contribution in [2.75, 3.05) is 0 Å². The molecule has 0 bridgehead atoms. The number of ether oxygens (including phenoxy) is 1. The summed E-state index contributed by atoms with van der Waals surface area (Å²) in [6.07, 6.45) is 1.88. The molecule has 21 heavy (non-hydrogen) atoms. The summed E-state index contributed by atoms with van der Waals surface area (Å²) in [4.78, 5) is 24.6. The minimum absolute atomic E-state index is 0.292. The van der Waals surface area contributed by atoms with Gasteiger partial charge in [-0.05, 0) is 46.2 Å². The second-order valence-electron chi connectivity index (χ2n) is 6.15. The molecule has 4 heteroatoms. The van der Waals surface area contributed by atoms with E-state index in [0.717, 1.165) is 0 Å². The molecule has 1 N–H and O–H groups in total. The Morgan fingerprint density at radius 1 is 1.19 bits per heavy atom. The molecule has 0 fully saturated rings. The zero-order valence-electron chi connectivity index (χ0n) is 13.1. The maximum Gasteiger partial charge on any atom is 0.332 e. The largest absolute Gasteiger partial charge is 0.458 e. The molecule has 1 aromatic rings. The first kappa shape index (κ1) is 17.0. The van der Waals surface area contributed by atoms with Gasteiger partial charge < -0.3 is 10.1 Å². The molecule has 1 aromatic carbocycles. The molecule has 4 nitrogen and oxygen atoms in total. The van der Waals surface area contributed by atoms with Crippen LogP contribution in [0.5, 0.6) is 0 Å². The Morgan fingerprint density at radius 3 is 2.24 bits per heavy atom. The highest BCUT2D eigenvalue weighted by atomic mass is 16.6. The first-order valence-electron chi connectivity index (χ1n) is 6.90. The van der Waals surface area contributed by atoms with E-state index in [4.69, 9.17) is 4.74 Å². The van der Waals surface area contributed by atoms with Gasteiger partial charge in [0.15, 0.2) is 0 Å². The summed E-state index contributed by atoms with van der Waals surface area (Å²) in [5, 5.41) is 2.75. The van der Waals surface area contributed by atoms with Gasteiger partial charge in [0.05, 0.1) is 0 Å². The lowest BCUT2D eigenvalue weighted by Crippen LogP contribution is -2.54. The fourth-order valence-corrected chi connectivity index (χ4v) is 1.78. The molecular weight excluding hydrogens is 266 g/mol. The predicted molar refractivity (Wildman–Crippen MR) is 83.0 cm³/mol. The molecule has 0 aliphatic rings. The van der Waals surface area contributed by atoms with Crippen LogP contribution in [0.4, 0.5) is 0 Å². The van der Waals surface area contributed by atoms with Gasteiger partial charge in [-0.3, -0.25) is 4.79 Å². The summed E-state index contributed by atoms with van der Waals surface area (Å²) in [5.41, 5.74) is -1.25. The molecule has 0 saturated carbocycles. The zero-order valence-corrected chi connectivity index (χ0v) is 13.1. The molecule has 0 aromatic heterocycles. The number of carbonyl (C=O) groups excluding carboxylic acids is 2. The van der Waals surface area contributed by atoms with Crippen molar-refractivity contribution in [2.45, 2.75) is 45.3 Å². The molecule has 0 heterocycles. The highest BCUT2D eigenvalue weighted by Gasteiger charge is 2.37. The summed E-state index contributed by atoms with van der Waals surface area (Å²) < 4.78 is 5.39. The van der Waals surface area contributed by atoms with Gasteiger partial charge in [-0.2, -0.15) is 0 Å². The molecule has 0 radical (unpaired) electrons. The van der Waals surface area contributed by atoms with E-state index in [-0.39, 0.29) is 5.91 Å². The maximum absolute atomic E-state index is 12.4. The first-order chi connectivity index (χ1) is 9.68. The maximum atomic E-state index is 12.4. The number of hydrogen-bond donors (Lipinski definition) is 1. The van der Waals surface area contributed by atoms with Crippen molar-refractivity contribution in [3.63, 3.8) is 0 Å². The minimum Gasteiger partial charge on any atom is -0.458 e. The van der Waals surface area contributed by atoms with Crippen molar-refractivity contribution in [2.24, 2.45) is 0 Å². The van der Waals surface area contributed by atoms with Crippen LogP contribution in [-0.4, -0.2) is 23.0 Å². The molecule has 114 valence electrons. The molecule has 0 unspecified atom stereocenters. The van der Waals surface area contributed by atoms with Gasteiger partial charge in [0.1, 0.15) is 11.1 Å². The van der Waals surface area contributed by atoms with Crippen LogP contribution in [0.3, 0.4) is 0 Å². The van der Waals surface area contributed by atoms with Crippen molar-refractivity contribution in [1.82, 2.24) is 5.32 Å². The van der Waals surface area contributed by atoms with Crippen LogP contribution in [0.1, 0.15) is 44.5 Å². The Hall–Kier alpha value is -2.10. The number of benzene rings is 1. The topological polar surface area (TPSA) is 55.4 Å². The van der Waals surface area contributed by atoms with Crippen molar-refractivity contribution >= 4 is 11.9 Å². The molecule has 0 aliphatic heterocycles. The fourth-order valence-electron chi connectivity index (χ4n) is 1.78. The van der Waals surface area contributed by atoms with E-state index in [1.54, 1.807) is 58.0 Å². The molecule has 0 aliphatic carbocycles.